The highest BCUT2D eigenvalue weighted by Gasteiger charge is 2.18. The van der Waals surface area contributed by atoms with E-state index in [0.29, 0.717) is 19.0 Å². The first-order chi connectivity index (χ1) is 8.35. The smallest absolute Gasteiger partial charge is 0.191 e. The van der Waals surface area contributed by atoms with Gasteiger partial charge in [0.25, 0.3) is 0 Å². The quantitative estimate of drug-likeness (QED) is 0.607. The van der Waals surface area contributed by atoms with E-state index in [1.54, 1.807) is 11.8 Å². The Morgan fingerprint density at radius 1 is 1.59 bits per heavy atom. The van der Waals surface area contributed by atoms with E-state index in [-0.39, 0.29) is 0 Å². The summed E-state index contributed by atoms with van der Waals surface area (Å²) in [4.78, 5) is 0. The van der Waals surface area contributed by atoms with Gasteiger partial charge in [0.2, 0.25) is 0 Å². The monoisotopic (exact) mass is 254 g/mol. The molecular weight excluding hydrogens is 236 g/mol. The standard InChI is InChI=1S/C11H18N4OS/c1-2-4-15-10(6-12)13-14-11(15)17-8-9-3-5-16-7-9/h2,9H,1,3-8,12H2. The van der Waals surface area contributed by atoms with Crippen molar-refractivity contribution in [1.82, 2.24) is 14.8 Å². The minimum Gasteiger partial charge on any atom is -0.381 e. The lowest BCUT2D eigenvalue weighted by atomic mass is 10.2. The SMILES string of the molecule is C=CCn1c(CN)nnc1SCC1CCOC1. The minimum atomic E-state index is 0.411. The van der Waals surface area contributed by atoms with Gasteiger partial charge in [0.1, 0.15) is 5.82 Å². The van der Waals surface area contributed by atoms with E-state index < -0.39 is 0 Å². The lowest BCUT2D eigenvalue weighted by Gasteiger charge is -2.08. The van der Waals surface area contributed by atoms with Crippen molar-refractivity contribution in [3.8, 4) is 0 Å². The van der Waals surface area contributed by atoms with Gasteiger partial charge in [0, 0.05) is 18.9 Å². The van der Waals surface area contributed by atoms with Crippen LogP contribution in [0.2, 0.25) is 0 Å². The Hall–Kier alpha value is -0.850. The largest absolute Gasteiger partial charge is 0.381 e. The van der Waals surface area contributed by atoms with Crippen molar-refractivity contribution in [1.29, 1.82) is 0 Å². The molecule has 1 atom stereocenters. The van der Waals surface area contributed by atoms with Gasteiger partial charge in [0.15, 0.2) is 5.16 Å². The number of nitrogens with zero attached hydrogens (tertiary/aromatic N) is 3. The number of rotatable bonds is 6. The van der Waals surface area contributed by atoms with Crippen molar-refractivity contribution in [2.75, 3.05) is 19.0 Å². The molecule has 2 heterocycles. The Morgan fingerprint density at radius 3 is 3.12 bits per heavy atom. The Bertz CT molecular complexity index is 374. The van der Waals surface area contributed by atoms with Crippen LogP contribution in [0.25, 0.3) is 0 Å². The molecule has 0 amide bonds. The molecule has 1 aliphatic rings. The molecule has 1 aromatic heterocycles. The number of thioether (sulfide) groups is 1. The third-order valence-electron chi connectivity index (χ3n) is 2.76. The first-order valence-electron chi connectivity index (χ1n) is 5.78. The summed E-state index contributed by atoms with van der Waals surface area (Å²) in [5.74, 6) is 2.48. The molecule has 1 fully saturated rings. The number of aromatic nitrogens is 3. The van der Waals surface area contributed by atoms with Crippen molar-refractivity contribution in [2.45, 2.75) is 24.7 Å². The number of hydrogen-bond acceptors (Lipinski definition) is 5. The number of allylic oxidation sites excluding steroid dienone is 1. The van der Waals surface area contributed by atoms with Gasteiger partial charge in [-0.2, -0.15) is 0 Å². The molecule has 0 saturated carbocycles. The summed E-state index contributed by atoms with van der Waals surface area (Å²) >= 11 is 1.73. The van der Waals surface area contributed by atoms with Gasteiger partial charge in [-0.25, -0.2) is 0 Å². The molecule has 1 aromatic rings. The van der Waals surface area contributed by atoms with Crippen molar-refractivity contribution in [3.05, 3.63) is 18.5 Å². The maximum Gasteiger partial charge on any atom is 0.191 e. The van der Waals surface area contributed by atoms with Crippen LogP contribution < -0.4 is 5.73 Å². The van der Waals surface area contributed by atoms with Crippen molar-refractivity contribution < 1.29 is 4.74 Å². The van der Waals surface area contributed by atoms with Crippen molar-refractivity contribution >= 4 is 11.8 Å². The second-order valence-corrected chi connectivity index (χ2v) is 5.03. The Labute approximate surface area is 105 Å². The fourth-order valence-electron chi connectivity index (χ4n) is 1.80. The molecule has 1 aliphatic heterocycles. The third kappa shape index (κ3) is 3.08. The molecule has 0 aliphatic carbocycles. The van der Waals surface area contributed by atoms with E-state index in [1.165, 1.54) is 0 Å². The summed E-state index contributed by atoms with van der Waals surface area (Å²) in [6.45, 7) is 6.62. The van der Waals surface area contributed by atoms with E-state index in [2.05, 4.69) is 16.8 Å². The van der Waals surface area contributed by atoms with E-state index >= 15 is 0 Å². The highest BCUT2D eigenvalue weighted by atomic mass is 32.2. The molecule has 94 valence electrons. The molecule has 6 heteroatoms. The Kier molecular flexibility index (Phi) is 4.58. The van der Waals surface area contributed by atoms with Crippen LogP contribution in [0.4, 0.5) is 0 Å². The lowest BCUT2D eigenvalue weighted by Crippen LogP contribution is -2.09. The molecule has 0 radical (unpaired) electrons. The summed E-state index contributed by atoms with van der Waals surface area (Å²) in [5, 5.41) is 9.19. The van der Waals surface area contributed by atoms with Crippen LogP contribution >= 0.6 is 11.8 Å². The first kappa shape index (κ1) is 12.6. The summed E-state index contributed by atoms with van der Waals surface area (Å²) in [5.41, 5.74) is 5.63. The lowest BCUT2D eigenvalue weighted by molar-refractivity contribution is 0.189. The van der Waals surface area contributed by atoms with E-state index in [9.17, 15) is 0 Å². The molecule has 5 nitrogen and oxygen atoms in total. The van der Waals surface area contributed by atoms with Gasteiger partial charge in [-0.05, 0) is 12.3 Å². The summed E-state index contributed by atoms with van der Waals surface area (Å²) < 4.78 is 7.38. The fraction of sp³-hybridized carbons (Fsp3) is 0.636. The van der Waals surface area contributed by atoms with Crippen LogP contribution in [0.15, 0.2) is 17.8 Å². The van der Waals surface area contributed by atoms with E-state index in [0.717, 1.165) is 36.4 Å². The van der Waals surface area contributed by atoms with Gasteiger partial charge >= 0.3 is 0 Å². The molecule has 2 N–H and O–H groups in total. The summed E-state index contributed by atoms with van der Waals surface area (Å²) in [6.07, 6.45) is 2.98. The predicted molar refractivity (Wildman–Crippen MR) is 67.8 cm³/mol. The van der Waals surface area contributed by atoms with Crippen molar-refractivity contribution in [2.24, 2.45) is 11.7 Å². The molecular formula is C11H18N4OS. The maximum absolute atomic E-state index is 5.63. The van der Waals surface area contributed by atoms with Gasteiger partial charge in [0.05, 0.1) is 13.2 Å². The third-order valence-corrected chi connectivity index (χ3v) is 3.96. The van der Waals surface area contributed by atoms with Crippen LogP contribution in [0.5, 0.6) is 0 Å². The van der Waals surface area contributed by atoms with Crippen LogP contribution in [0, 0.1) is 5.92 Å². The zero-order valence-corrected chi connectivity index (χ0v) is 10.7. The van der Waals surface area contributed by atoms with Crippen LogP contribution in [0.3, 0.4) is 0 Å². The van der Waals surface area contributed by atoms with Crippen LogP contribution in [0.1, 0.15) is 12.2 Å². The Balaban J connectivity index is 1.98. The minimum absolute atomic E-state index is 0.411. The van der Waals surface area contributed by atoms with Crippen LogP contribution in [-0.4, -0.2) is 33.7 Å². The molecule has 1 saturated heterocycles. The Morgan fingerprint density at radius 2 is 2.47 bits per heavy atom. The molecule has 17 heavy (non-hydrogen) atoms. The fourth-order valence-corrected chi connectivity index (χ4v) is 2.88. The van der Waals surface area contributed by atoms with Crippen LogP contribution in [-0.2, 0) is 17.8 Å². The van der Waals surface area contributed by atoms with Gasteiger partial charge < -0.3 is 15.0 Å². The first-order valence-corrected chi connectivity index (χ1v) is 6.77. The highest BCUT2D eigenvalue weighted by molar-refractivity contribution is 7.99. The maximum atomic E-state index is 5.63. The van der Waals surface area contributed by atoms with Gasteiger partial charge in [-0.15, -0.1) is 16.8 Å². The average Bonchev–Trinajstić information content (AvgIpc) is 2.96. The second-order valence-electron chi connectivity index (χ2n) is 4.04. The average molecular weight is 254 g/mol. The zero-order valence-electron chi connectivity index (χ0n) is 9.84. The molecule has 2 rings (SSSR count). The molecule has 0 bridgehead atoms. The zero-order chi connectivity index (χ0) is 12.1. The number of hydrogen-bond donors (Lipinski definition) is 1. The molecule has 0 spiro atoms. The van der Waals surface area contributed by atoms with Crippen molar-refractivity contribution in [3.63, 3.8) is 0 Å². The molecule has 0 aromatic carbocycles. The second kappa shape index (κ2) is 6.18. The predicted octanol–water partition coefficient (Wildman–Crippen LogP) is 1.05. The number of ether oxygens (including phenoxy) is 1. The molecule has 1 unspecified atom stereocenters. The van der Waals surface area contributed by atoms with E-state index in [4.69, 9.17) is 10.5 Å². The highest BCUT2D eigenvalue weighted by Crippen LogP contribution is 2.24. The van der Waals surface area contributed by atoms with Gasteiger partial charge in [-0.1, -0.05) is 17.8 Å². The number of nitrogens with two attached hydrogens (primary N) is 1. The summed E-state index contributed by atoms with van der Waals surface area (Å²) in [7, 11) is 0. The summed E-state index contributed by atoms with van der Waals surface area (Å²) in [6, 6.07) is 0. The van der Waals surface area contributed by atoms with Gasteiger partial charge in [-0.3, -0.25) is 0 Å². The topological polar surface area (TPSA) is 66.0 Å². The van der Waals surface area contributed by atoms with E-state index in [1.807, 2.05) is 10.6 Å². The normalized spacial score (nSPS) is 19.7.